The third kappa shape index (κ3) is 18.1. The van der Waals surface area contributed by atoms with Crippen LogP contribution in [0.1, 0.15) is 6.42 Å². The molecule has 7 heavy (non-hydrogen) atoms. The minimum atomic E-state index is 0. The van der Waals surface area contributed by atoms with Crippen LogP contribution in [-0.2, 0) is 25.3 Å². The van der Waals surface area contributed by atoms with E-state index in [-0.39, 0.29) is 38.6 Å². The first kappa shape index (κ1) is 15.9. The Labute approximate surface area is 81.2 Å². The predicted octanol–water partition coefficient (Wildman–Crippen LogP) is -2.91. The minimum absolute atomic E-state index is 0. The molecule has 0 saturated carbocycles. The first-order valence-electron chi connectivity index (χ1n) is 1.58. The average molecular weight is 351 g/mol. The molecule has 0 unspecified atom stereocenters. The molecule has 0 aliphatic rings. The Balaban J connectivity index is -0.0000000800. The van der Waals surface area contributed by atoms with Crippen molar-refractivity contribution in [3.05, 3.63) is 0 Å². The van der Waals surface area contributed by atoms with Gasteiger partial charge in [0, 0.05) is 0 Å². The van der Waals surface area contributed by atoms with E-state index in [9.17, 15) is 0 Å². The van der Waals surface area contributed by atoms with Gasteiger partial charge in [0.25, 0.3) is 0 Å². The molecule has 0 spiro atoms. The second kappa shape index (κ2) is 15.7. The molecule has 0 aliphatic heterocycles. The fraction of sp³-hybridized carbons (Fsp3) is 1.00. The molecule has 42 valence electrons. The van der Waals surface area contributed by atoms with Crippen LogP contribution in [0.3, 0.4) is 0 Å². The van der Waals surface area contributed by atoms with E-state index in [1.807, 2.05) is 0 Å². The normalized spacial score (nSPS) is 6.00. The van der Waals surface area contributed by atoms with Crippen molar-refractivity contribution in [1.82, 2.24) is 0 Å². The largest absolute Gasteiger partial charge is 3.00 e. The summed E-state index contributed by atoms with van der Waals surface area (Å²) >= 11 is 9.17. The SMILES string of the molecule is [Bi+3].[Cl-].[S-]CCC[S-]. The Bertz CT molecular complexity index is 20.4. The number of rotatable bonds is 2. The van der Waals surface area contributed by atoms with E-state index in [2.05, 4.69) is 25.3 Å². The maximum atomic E-state index is 4.58. The van der Waals surface area contributed by atoms with E-state index in [0.29, 0.717) is 0 Å². The van der Waals surface area contributed by atoms with Crippen molar-refractivity contribution in [2.45, 2.75) is 6.42 Å². The summed E-state index contributed by atoms with van der Waals surface area (Å²) in [6.07, 6.45) is 1.02. The van der Waals surface area contributed by atoms with Gasteiger partial charge in [0.15, 0.2) is 0 Å². The van der Waals surface area contributed by atoms with Crippen LogP contribution in [0.5, 0.6) is 0 Å². The summed E-state index contributed by atoms with van der Waals surface area (Å²) in [5.41, 5.74) is 0. The Kier molecular flexibility index (Phi) is 35.7. The van der Waals surface area contributed by atoms with Crippen molar-refractivity contribution in [2.75, 3.05) is 11.5 Å². The van der Waals surface area contributed by atoms with Gasteiger partial charge in [-0.1, -0.05) is 6.42 Å². The summed E-state index contributed by atoms with van der Waals surface area (Å²) in [7, 11) is 0. The van der Waals surface area contributed by atoms with Crippen molar-refractivity contribution in [1.29, 1.82) is 0 Å². The predicted molar refractivity (Wildman–Crippen MR) is 34.8 cm³/mol. The third-order valence-electron chi connectivity index (χ3n) is 0.289. The zero-order valence-corrected chi connectivity index (χ0v) is 9.63. The van der Waals surface area contributed by atoms with Crippen molar-refractivity contribution in [3.63, 3.8) is 0 Å². The molecule has 0 nitrogen and oxygen atoms in total. The van der Waals surface area contributed by atoms with E-state index >= 15 is 0 Å². The zero-order valence-electron chi connectivity index (χ0n) is 3.76. The van der Waals surface area contributed by atoms with Gasteiger partial charge in [0.05, 0.1) is 0 Å². The topological polar surface area (TPSA) is 0 Å². The Hall–Kier alpha value is 1.87. The molecule has 4 heteroatoms. The first-order valence-corrected chi connectivity index (χ1v) is 2.73. The number of hydrogen-bond donors (Lipinski definition) is 0. The molecule has 0 saturated heterocycles. The fourth-order valence-electron chi connectivity index (χ4n) is 0.0589. The maximum Gasteiger partial charge on any atom is 3.00 e. The smallest absolute Gasteiger partial charge is 1.00 e. The van der Waals surface area contributed by atoms with Gasteiger partial charge >= 0.3 is 26.2 Å². The summed E-state index contributed by atoms with van der Waals surface area (Å²) in [5.74, 6) is 1.65. The molecule has 0 aromatic rings. The van der Waals surface area contributed by atoms with Crippen molar-refractivity contribution >= 4 is 51.5 Å². The van der Waals surface area contributed by atoms with Crippen LogP contribution in [0.25, 0.3) is 0 Å². The van der Waals surface area contributed by atoms with Crippen molar-refractivity contribution < 1.29 is 12.4 Å². The molecule has 0 aliphatic carbocycles. The van der Waals surface area contributed by atoms with Crippen molar-refractivity contribution in [3.8, 4) is 0 Å². The molecule has 0 aromatic heterocycles. The van der Waals surface area contributed by atoms with E-state index in [0.717, 1.165) is 17.9 Å². The molecule has 0 rings (SSSR count). The maximum absolute atomic E-state index is 4.58. The van der Waals surface area contributed by atoms with E-state index < -0.39 is 0 Å². The van der Waals surface area contributed by atoms with Gasteiger partial charge in [-0.2, -0.15) is 11.5 Å². The van der Waals surface area contributed by atoms with Crippen LogP contribution in [0.15, 0.2) is 0 Å². The molecule has 0 heterocycles. The zero-order chi connectivity index (χ0) is 4.12. The summed E-state index contributed by atoms with van der Waals surface area (Å²) in [4.78, 5) is 0. The summed E-state index contributed by atoms with van der Waals surface area (Å²) in [6.45, 7) is 0. The Morgan fingerprint density at radius 3 is 1.29 bits per heavy atom. The summed E-state index contributed by atoms with van der Waals surface area (Å²) in [5, 5.41) is 0. The average Bonchev–Trinajstić information content (AvgIpc) is 1.41. The first-order chi connectivity index (χ1) is 2.41. The van der Waals surface area contributed by atoms with Crippen LogP contribution in [0.4, 0.5) is 0 Å². The third-order valence-corrected chi connectivity index (χ3v) is 0.866. The van der Waals surface area contributed by atoms with Crippen LogP contribution < -0.4 is 12.4 Å². The van der Waals surface area contributed by atoms with Crippen LogP contribution in [-0.4, -0.2) is 37.7 Å². The van der Waals surface area contributed by atoms with Gasteiger partial charge in [-0.3, -0.25) is 0 Å². The van der Waals surface area contributed by atoms with Gasteiger partial charge in [-0.05, 0) is 0 Å². The summed E-state index contributed by atoms with van der Waals surface area (Å²) in [6, 6.07) is 0. The molecule has 0 N–H and O–H groups in total. The van der Waals surface area contributed by atoms with Crippen LogP contribution in [0, 0.1) is 0 Å². The minimum Gasteiger partial charge on any atom is -1.00 e. The Morgan fingerprint density at radius 2 is 1.29 bits per heavy atom. The number of halogens is 1. The monoisotopic (exact) mass is 350 g/mol. The second-order valence-corrected chi connectivity index (χ2v) is 1.58. The second-order valence-electron chi connectivity index (χ2n) is 0.762. The van der Waals surface area contributed by atoms with E-state index in [4.69, 9.17) is 0 Å². The Morgan fingerprint density at radius 1 is 1.00 bits per heavy atom. The molecule has 0 aromatic carbocycles. The van der Waals surface area contributed by atoms with Gasteiger partial charge in [-0.25, -0.2) is 0 Å². The molecule has 0 amide bonds. The van der Waals surface area contributed by atoms with Crippen LogP contribution in [0.2, 0.25) is 0 Å². The summed E-state index contributed by atoms with van der Waals surface area (Å²) < 4.78 is 0. The van der Waals surface area contributed by atoms with Gasteiger partial charge in [0.2, 0.25) is 0 Å². The molecular weight excluding hydrogens is 345 g/mol. The van der Waals surface area contributed by atoms with Crippen molar-refractivity contribution in [2.24, 2.45) is 0 Å². The standard InChI is InChI=1S/C3H8S2.Bi.ClH/c4-2-1-3-5;;/h4-5H,1-3H2;;1H/q;+3;/p-3. The molecule has 0 fully saturated rings. The van der Waals surface area contributed by atoms with Crippen LogP contribution >= 0.6 is 0 Å². The van der Waals surface area contributed by atoms with E-state index in [1.54, 1.807) is 0 Å². The van der Waals surface area contributed by atoms with E-state index in [1.165, 1.54) is 0 Å². The van der Waals surface area contributed by atoms with Gasteiger partial charge < -0.3 is 37.7 Å². The molecule has 0 bridgehead atoms. The quantitative estimate of drug-likeness (QED) is 0.387. The van der Waals surface area contributed by atoms with Gasteiger partial charge in [-0.15, -0.1) is 0 Å². The molecule has 2 radical (unpaired) electrons. The number of hydrogen-bond acceptors (Lipinski definition) is 2. The van der Waals surface area contributed by atoms with Gasteiger partial charge in [0.1, 0.15) is 0 Å². The fourth-order valence-corrected chi connectivity index (χ4v) is 0.530. The molecular formula is C3H6BiClS2. The molecule has 0 atom stereocenters.